The molecule has 12 nitrogen and oxygen atoms in total. The highest BCUT2D eigenvalue weighted by atomic mass is 31.2. The van der Waals surface area contributed by atoms with Gasteiger partial charge in [-0.2, -0.15) is 0 Å². The zero-order valence-corrected chi connectivity index (χ0v) is 13.0. The maximum Gasteiger partial charge on any atom is 0.456 e. The molecule has 128 valence electrons. The summed E-state index contributed by atoms with van der Waals surface area (Å²) in [5.41, 5.74) is 6.41. The minimum atomic E-state index is -3.71. The van der Waals surface area contributed by atoms with Gasteiger partial charge in [-0.3, -0.25) is 9.09 Å². The molecule has 24 heavy (non-hydrogen) atoms. The highest BCUT2D eigenvalue weighted by Crippen LogP contribution is 2.58. The molecule has 0 spiro atoms. The molecule has 2 aliphatic heterocycles. The molecule has 0 radical (unpaired) electrons. The molecule has 2 aliphatic rings. The third kappa shape index (κ3) is 2.42. The van der Waals surface area contributed by atoms with Crippen LogP contribution in [0.25, 0.3) is 11.2 Å². The van der Waals surface area contributed by atoms with Crippen LogP contribution in [-0.2, 0) is 22.7 Å². The van der Waals surface area contributed by atoms with E-state index in [1.165, 1.54) is 17.2 Å². The Balaban J connectivity index is 1.65. The number of nitrogens with two attached hydrogens (primary N) is 1. The van der Waals surface area contributed by atoms with Crippen molar-refractivity contribution in [2.75, 3.05) is 12.3 Å². The number of aliphatic hydroxyl groups excluding tert-OH is 2. The zero-order chi connectivity index (χ0) is 16.9. The average molecular weight is 357 g/mol. The molecule has 0 saturated carbocycles. The van der Waals surface area contributed by atoms with Crippen LogP contribution < -0.4 is 5.73 Å². The van der Waals surface area contributed by atoms with Crippen molar-refractivity contribution in [3.63, 3.8) is 0 Å². The number of imidazole rings is 1. The van der Waals surface area contributed by atoms with Crippen LogP contribution in [0.3, 0.4) is 0 Å². The van der Waals surface area contributed by atoms with Crippen molar-refractivity contribution in [2.45, 2.75) is 24.5 Å². The fraction of sp³-hybridized carbons (Fsp3) is 0.500. The predicted molar refractivity (Wildman–Crippen MR) is 78.5 cm³/mol. The molecule has 4 atom stereocenters. The normalized spacial score (nSPS) is 31.8. The number of anilines is 1. The highest BCUT2D eigenvalue weighted by molar-refractivity contribution is 7.53. The molecule has 2 saturated heterocycles. The van der Waals surface area contributed by atoms with Crippen LogP contribution in [0.2, 0.25) is 0 Å². The standard InChI is InChI=1S/C10H13BN5O7P/c12-8-5-9(14-2-13-8)16(3-15-5)10-6(18)7(4(1-17)20-10)21-24(19)22-11-23-24/h2-4,6-7,10-11,17-18H,1H2,(H2,12,13,14)/t4-,6-,7-,10-/m1/s1. The topological polar surface area (TPSA) is 164 Å². The Labute approximate surface area is 135 Å². The van der Waals surface area contributed by atoms with Crippen LogP contribution in [0.4, 0.5) is 5.82 Å². The molecule has 2 aromatic rings. The number of nitrogen functional groups attached to an aromatic ring is 1. The molecule has 4 heterocycles. The molecule has 4 N–H and O–H groups in total. The van der Waals surface area contributed by atoms with Gasteiger partial charge in [-0.15, -0.1) is 0 Å². The number of nitrogens with zero attached hydrogens (tertiary/aromatic N) is 4. The van der Waals surface area contributed by atoms with Gasteiger partial charge in [0.25, 0.3) is 0 Å². The molecular formula is C10H13BN5O7P. The molecule has 0 aliphatic carbocycles. The van der Waals surface area contributed by atoms with E-state index in [2.05, 4.69) is 15.0 Å². The van der Waals surface area contributed by atoms with Gasteiger partial charge in [0.05, 0.1) is 12.9 Å². The first-order valence-corrected chi connectivity index (χ1v) is 8.43. The van der Waals surface area contributed by atoms with Crippen LogP contribution in [0.1, 0.15) is 6.23 Å². The van der Waals surface area contributed by atoms with Gasteiger partial charge in [-0.25, -0.2) is 19.5 Å². The number of phosphoric acid groups is 1. The second kappa shape index (κ2) is 5.74. The number of ether oxygens (including phenoxy) is 1. The number of hydrogen-bond donors (Lipinski definition) is 3. The lowest BCUT2D eigenvalue weighted by molar-refractivity contribution is -0.0511. The van der Waals surface area contributed by atoms with Gasteiger partial charge >= 0.3 is 15.5 Å². The summed E-state index contributed by atoms with van der Waals surface area (Å²) in [7, 11) is -3.87. The first-order chi connectivity index (χ1) is 11.5. The van der Waals surface area contributed by atoms with Gasteiger partial charge in [-0.05, 0) is 0 Å². The van der Waals surface area contributed by atoms with E-state index >= 15 is 0 Å². The van der Waals surface area contributed by atoms with Crippen molar-refractivity contribution < 1.29 is 32.9 Å². The third-order valence-electron chi connectivity index (χ3n) is 3.82. The van der Waals surface area contributed by atoms with Crippen LogP contribution in [0.15, 0.2) is 12.7 Å². The van der Waals surface area contributed by atoms with Gasteiger partial charge in [-0.1, -0.05) is 0 Å². The van der Waals surface area contributed by atoms with Crippen molar-refractivity contribution in [3.05, 3.63) is 12.7 Å². The monoisotopic (exact) mass is 357 g/mol. The smallest absolute Gasteiger partial charge is 0.394 e. The molecule has 0 amide bonds. The molecule has 0 unspecified atom stereocenters. The molecule has 2 aromatic heterocycles. The Morgan fingerprint density at radius 3 is 2.88 bits per heavy atom. The maximum absolute atomic E-state index is 11.9. The van der Waals surface area contributed by atoms with Gasteiger partial charge in [0.1, 0.15) is 30.2 Å². The summed E-state index contributed by atoms with van der Waals surface area (Å²) in [6, 6.07) is 0. The Morgan fingerprint density at radius 1 is 1.42 bits per heavy atom. The van der Waals surface area contributed by atoms with Gasteiger partial charge in [0, 0.05) is 0 Å². The quantitative estimate of drug-likeness (QED) is 0.429. The van der Waals surface area contributed by atoms with Gasteiger partial charge in [0.2, 0.25) is 0 Å². The van der Waals surface area contributed by atoms with E-state index in [0.29, 0.717) is 11.2 Å². The van der Waals surface area contributed by atoms with Crippen molar-refractivity contribution in [3.8, 4) is 0 Å². The Morgan fingerprint density at radius 2 is 2.21 bits per heavy atom. The number of aliphatic hydroxyl groups is 2. The van der Waals surface area contributed by atoms with Crippen molar-refractivity contribution in [1.29, 1.82) is 0 Å². The molecule has 0 aromatic carbocycles. The fourth-order valence-electron chi connectivity index (χ4n) is 2.63. The van der Waals surface area contributed by atoms with E-state index < -0.39 is 39.0 Å². The number of rotatable bonds is 4. The Hall–Kier alpha value is -1.60. The average Bonchev–Trinajstić information content (AvgIpc) is 3.09. The summed E-state index contributed by atoms with van der Waals surface area (Å²) in [4.78, 5) is 12.0. The van der Waals surface area contributed by atoms with E-state index in [0.717, 1.165) is 0 Å². The highest BCUT2D eigenvalue weighted by Gasteiger charge is 2.51. The van der Waals surface area contributed by atoms with Crippen LogP contribution in [-0.4, -0.2) is 62.3 Å². The summed E-state index contributed by atoms with van der Waals surface area (Å²) in [6.45, 7) is -0.470. The van der Waals surface area contributed by atoms with Gasteiger partial charge < -0.3 is 29.6 Å². The van der Waals surface area contributed by atoms with E-state index in [1.807, 2.05) is 0 Å². The van der Waals surface area contributed by atoms with Crippen molar-refractivity contribution in [2.24, 2.45) is 0 Å². The lowest BCUT2D eigenvalue weighted by Gasteiger charge is -2.29. The largest absolute Gasteiger partial charge is 0.456 e. The lowest BCUT2D eigenvalue weighted by atomic mass is 10.1. The number of fused-ring (bicyclic) bond motifs is 1. The molecule has 14 heteroatoms. The van der Waals surface area contributed by atoms with E-state index in [9.17, 15) is 14.8 Å². The van der Waals surface area contributed by atoms with Crippen molar-refractivity contribution >= 4 is 32.5 Å². The fourth-order valence-corrected chi connectivity index (χ4v) is 3.59. The summed E-state index contributed by atoms with van der Waals surface area (Å²) in [5.74, 6) is 0.179. The van der Waals surface area contributed by atoms with Gasteiger partial charge in [0.15, 0.2) is 17.7 Å². The van der Waals surface area contributed by atoms with E-state index in [1.54, 1.807) is 0 Å². The SMILES string of the molecule is Nc1ncnc2c1ncn2[C@@H]1O[C@H](CO)[C@@H](OP2(=O)OBO2)[C@H]1O. The molecular weight excluding hydrogens is 344 g/mol. The van der Waals surface area contributed by atoms with Crippen LogP contribution in [0, 0.1) is 0 Å². The second-order valence-electron chi connectivity index (χ2n) is 5.21. The first-order valence-electron chi connectivity index (χ1n) is 6.97. The Bertz CT molecular complexity index is 812. The van der Waals surface area contributed by atoms with E-state index in [-0.39, 0.29) is 13.5 Å². The minimum Gasteiger partial charge on any atom is -0.394 e. The molecule has 0 bridgehead atoms. The minimum absolute atomic E-state index is 0.156. The van der Waals surface area contributed by atoms with E-state index in [4.69, 9.17) is 23.9 Å². The zero-order valence-electron chi connectivity index (χ0n) is 12.1. The Kier molecular flexibility index (Phi) is 3.80. The predicted octanol–water partition coefficient (Wildman–Crippen LogP) is -1.53. The summed E-state index contributed by atoms with van der Waals surface area (Å²) in [6.07, 6.45) is -1.71. The van der Waals surface area contributed by atoms with Crippen LogP contribution >= 0.6 is 7.82 Å². The number of aromatic nitrogens is 4. The lowest BCUT2D eigenvalue weighted by Crippen LogP contribution is -2.37. The summed E-state index contributed by atoms with van der Waals surface area (Å²) < 4.78 is 33.6. The second-order valence-corrected chi connectivity index (χ2v) is 6.84. The molecule has 4 rings (SSSR count). The third-order valence-corrected chi connectivity index (χ3v) is 5.17. The van der Waals surface area contributed by atoms with Crippen LogP contribution in [0.5, 0.6) is 0 Å². The molecule has 2 fully saturated rings. The van der Waals surface area contributed by atoms with Crippen molar-refractivity contribution in [1.82, 2.24) is 19.5 Å². The summed E-state index contributed by atoms with van der Waals surface area (Å²) in [5, 5.41) is 20.0. The summed E-state index contributed by atoms with van der Waals surface area (Å²) >= 11 is 0. The maximum atomic E-state index is 11.9. The number of hydrogen-bond acceptors (Lipinski definition) is 11. The first kappa shape index (κ1) is 15.9.